The second-order valence-electron chi connectivity index (χ2n) is 9.03. The van der Waals surface area contributed by atoms with Gasteiger partial charge in [-0.2, -0.15) is 0 Å². The third-order valence-corrected chi connectivity index (χ3v) is 6.71. The van der Waals surface area contributed by atoms with Crippen LogP contribution in [-0.2, 0) is 10.1 Å². The maximum absolute atomic E-state index is 9.08. The molecule has 0 spiro atoms. The highest BCUT2D eigenvalue weighted by Gasteiger charge is 2.35. The molecule has 0 aromatic heterocycles. The Morgan fingerprint density at radius 3 is 1.83 bits per heavy atom. The van der Waals surface area contributed by atoms with Crippen molar-refractivity contribution in [1.29, 1.82) is 0 Å². The van der Waals surface area contributed by atoms with Crippen LogP contribution in [0.1, 0.15) is 110 Å². The molecule has 0 amide bonds. The number of hydrogen-bond donors (Lipinski definition) is 0. The Morgan fingerprint density at radius 2 is 1.40 bits per heavy atom. The predicted octanol–water partition coefficient (Wildman–Crippen LogP) is 6.63. The second-order valence-corrected chi connectivity index (χ2v) is 11.0. The van der Waals surface area contributed by atoms with Gasteiger partial charge in [0.25, 0.3) is 0 Å². The molecule has 178 valence electrons. The zero-order valence-corrected chi connectivity index (χ0v) is 22.7. The van der Waals surface area contributed by atoms with Gasteiger partial charge < -0.3 is 9.04 Å². The normalized spacial score (nSPS) is 21.3. The van der Waals surface area contributed by atoms with Crippen molar-refractivity contribution < 1.29 is 17.5 Å². The number of piperidine rings is 1. The third-order valence-electron chi connectivity index (χ3n) is 6.33. The van der Waals surface area contributed by atoms with E-state index in [9.17, 15) is 0 Å². The van der Waals surface area contributed by atoms with Crippen molar-refractivity contribution in [2.45, 2.75) is 116 Å². The van der Waals surface area contributed by atoms with Crippen molar-refractivity contribution in [3.63, 3.8) is 0 Å². The number of halogens is 1. The Bertz CT molecular complexity index is 563. The highest BCUT2D eigenvalue weighted by atomic mass is 127. The average molecular weight is 556 g/mol. The van der Waals surface area contributed by atoms with Crippen molar-refractivity contribution in [2.24, 2.45) is 0 Å². The molecule has 6 heteroatoms. The lowest BCUT2D eigenvalue weighted by Crippen LogP contribution is -2.57. The topological polar surface area (TPSA) is 57.2 Å². The van der Waals surface area contributed by atoms with Crippen molar-refractivity contribution >= 4 is 32.7 Å². The zero-order chi connectivity index (χ0) is 22.7. The number of quaternary nitrogens is 1. The summed E-state index contributed by atoms with van der Waals surface area (Å²) in [4.78, 5) is 0. The molecule has 1 aliphatic rings. The molecule has 0 N–H and O–H groups in total. The molecule has 2 atom stereocenters. The van der Waals surface area contributed by atoms with Gasteiger partial charge in [0.1, 0.15) is 6.54 Å². The van der Waals surface area contributed by atoms with Crippen LogP contribution in [0, 0.1) is 9.85 Å². The van der Waals surface area contributed by atoms with Crippen LogP contribution in [0.5, 0.6) is 0 Å². The summed E-state index contributed by atoms with van der Waals surface area (Å²) in [6, 6.07) is 0.818. The SMILES string of the molecule is CCCCCCCCCCCCCC[N+]1(CC#CI)CCCCC1C.CS(=O)(=O)[O-]. The summed E-state index contributed by atoms with van der Waals surface area (Å²) >= 11 is 2.20. The van der Waals surface area contributed by atoms with Crippen molar-refractivity contribution in [2.75, 3.05) is 25.9 Å². The summed E-state index contributed by atoms with van der Waals surface area (Å²) in [5.74, 6) is 3.39. The first-order valence-corrected chi connectivity index (χ1v) is 15.0. The maximum Gasteiger partial charge on any atom is 0.141 e. The molecule has 0 saturated carbocycles. The minimum absolute atomic E-state index is 0.604. The molecule has 4 nitrogen and oxygen atoms in total. The highest BCUT2D eigenvalue weighted by Crippen LogP contribution is 2.26. The first kappa shape index (κ1) is 30.2. The standard InChI is InChI=1S/C23H43IN.CH4O3S/c1-3-4-5-6-7-8-9-10-11-12-13-15-20-25(22-17-19-24)21-16-14-18-23(25)2;1-5(2,3)4/h23H,3-16,18,20-22H2,1-2H3;1H3,(H,2,3,4)/q+1;/p-1. The maximum atomic E-state index is 9.08. The van der Waals surface area contributed by atoms with Gasteiger partial charge in [0.05, 0.1) is 29.2 Å². The fraction of sp³-hybridized carbons (Fsp3) is 0.917. The molecule has 1 rings (SSSR count). The van der Waals surface area contributed by atoms with Crippen LogP contribution in [0.3, 0.4) is 0 Å². The molecule has 0 bridgehead atoms. The van der Waals surface area contributed by atoms with E-state index < -0.39 is 10.1 Å². The average Bonchev–Trinajstić information content (AvgIpc) is 2.68. The van der Waals surface area contributed by atoms with Crippen LogP contribution in [0.15, 0.2) is 0 Å². The molecule has 0 aliphatic carbocycles. The van der Waals surface area contributed by atoms with E-state index >= 15 is 0 Å². The molecule has 2 unspecified atom stereocenters. The van der Waals surface area contributed by atoms with Gasteiger partial charge in [0.15, 0.2) is 0 Å². The molecule has 0 aromatic carbocycles. The molecule has 0 radical (unpaired) electrons. The Morgan fingerprint density at radius 1 is 0.933 bits per heavy atom. The lowest BCUT2D eigenvalue weighted by atomic mass is 9.98. The van der Waals surface area contributed by atoms with Crippen LogP contribution >= 0.6 is 22.6 Å². The summed E-state index contributed by atoms with van der Waals surface area (Å²) in [5.41, 5.74) is 0. The summed E-state index contributed by atoms with van der Waals surface area (Å²) in [6.07, 6.45) is 22.2. The van der Waals surface area contributed by atoms with Gasteiger partial charge in [-0.1, -0.05) is 71.1 Å². The van der Waals surface area contributed by atoms with Crippen molar-refractivity contribution in [3.8, 4) is 9.85 Å². The van der Waals surface area contributed by atoms with E-state index in [2.05, 4.69) is 46.3 Å². The van der Waals surface area contributed by atoms with Gasteiger partial charge in [-0.3, -0.25) is 0 Å². The minimum Gasteiger partial charge on any atom is -0.748 e. The van der Waals surface area contributed by atoms with Crippen molar-refractivity contribution in [3.05, 3.63) is 0 Å². The molecule has 1 fully saturated rings. The monoisotopic (exact) mass is 555 g/mol. The summed E-state index contributed by atoms with van der Waals surface area (Å²) in [7, 11) is -3.92. The summed E-state index contributed by atoms with van der Waals surface area (Å²) in [6.45, 7) is 8.58. The summed E-state index contributed by atoms with van der Waals surface area (Å²) < 4.78 is 31.6. The number of unbranched alkanes of at least 4 members (excludes halogenated alkanes) is 11. The van der Waals surface area contributed by atoms with Crippen LogP contribution in [0.25, 0.3) is 0 Å². The summed E-state index contributed by atoms with van der Waals surface area (Å²) in [5, 5.41) is 0. The number of hydrogen-bond acceptors (Lipinski definition) is 3. The van der Waals surface area contributed by atoms with E-state index in [1.54, 1.807) is 0 Å². The molecular weight excluding hydrogens is 509 g/mol. The van der Waals surface area contributed by atoms with E-state index in [0.29, 0.717) is 6.26 Å². The van der Waals surface area contributed by atoms with E-state index in [0.717, 1.165) is 12.6 Å². The molecule has 1 heterocycles. The lowest BCUT2D eigenvalue weighted by molar-refractivity contribution is -0.948. The Balaban J connectivity index is 0.00000150. The Kier molecular flexibility index (Phi) is 18.8. The smallest absolute Gasteiger partial charge is 0.141 e. The molecule has 30 heavy (non-hydrogen) atoms. The van der Waals surface area contributed by atoms with E-state index in [1.807, 2.05) is 0 Å². The van der Waals surface area contributed by atoms with E-state index in [4.69, 9.17) is 13.0 Å². The Hall–Kier alpha value is 0.160. The largest absolute Gasteiger partial charge is 0.748 e. The van der Waals surface area contributed by atoms with E-state index in [-0.39, 0.29) is 0 Å². The third kappa shape index (κ3) is 17.8. The predicted molar refractivity (Wildman–Crippen MR) is 137 cm³/mol. The number of nitrogens with zero attached hydrogens (tertiary/aromatic N) is 1. The first-order chi connectivity index (χ1) is 14.2. The van der Waals surface area contributed by atoms with Gasteiger partial charge >= 0.3 is 0 Å². The molecule has 0 aromatic rings. The van der Waals surface area contributed by atoms with Crippen LogP contribution in [-0.4, -0.2) is 49.4 Å². The van der Waals surface area contributed by atoms with Gasteiger partial charge in [-0.05, 0) is 48.9 Å². The quantitative estimate of drug-likeness (QED) is 0.0795. The molecule has 1 saturated heterocycles. The highest BCUT2D eigenvalue weighted by molar-refractivity contribution is 14.1. The lowest BCUT2D eigenvalue weighted by Gasteiger charge is -2.45. The van der Waals surface area contributed by atoms with Gasteiger partial charge in [0, 0.05) is 28.8 Å². The number of likely N-dealkylation sites (tertiary alicyclic amines) is 1. The van der Waals surface area contributed by atoms with Crippen LogP contribution < -0.4 is 0 Å². The Labute approximate surface area is 201 Å². The van der Waals surface area contributed by atoms with Crippen LogP contribution in [0.4, 0.5) is 0 Å². The minimum atomic E-state index is -3.92. The fourth-order valence-corrected chi connectivity index (χ4v) is 4.63. The second kappa shape index (κ2) is 18.7. The van der Waals surface area contributed by atoms with Gasteiger partial charge in [0.2, 0.25) is 0 Å². The fourth-order valence-electron chi connectivity index (χ4n) is 4.46. The van der Waals surface area contributed by atoms with Gasteiger partial charge in [-0.25, -0.2) is 8.42 Å². The van der Waals surface area contributed by atoms with Gasteiger partial charge in [-0.15, -0.1) is 0 Å². The van der Waals surface area contributed by atoms with E-state index in [1.165, 1.54) is 114 Å². The van der Waals surface area contributed by atoms with Crippen LogP contribution in [0.2, 0.25) is 0 Å². The molecule has 1 aliphatic heterocycles. The number of rotatable bonds is 14. The zero-order valence-electron chi connectivity index (χ0n) is 19.8. The molecular formula is C24H46INO3S. The first-order valence-electron chi connectivity index (χ1n) is 12.1. The van der Waals surface area contributed by atoms with Crippen molar-refractivity contribution in [1.82, 2.24) is 0 Å².